The molecule has 0 radical (unpaired) electrons. The first-order valence-corrected chi connectivity index (χ1v) is 15.9. The Morgan fingerprint density at radius 1 is 1.10 bits per heavy atom. The number of carbonyl (C=O) groups excluding carboxylic acids is 3. The van der Waals surface area contributed by atoms with Gasteiger partial charge >= 0.3 is 5.97 Å². The van der Waals surface area contributed by atoms with Crippen LogP contribution in [0, 0.1) is 17.8 Å². The number of benzene rings is 1. The second-order valence-corrected chi connectivity index (χ2v) is 13.3. The zero-order valence-electron chi connectivity index (χ0n) is 24.6. The average molecular weight is 582 g/mol. The van der Waals surface area contributed by atoms with E-state index >= 15 is 0 Å². The Balaban J connectivity index is 1.59. The van der Waals surface area contributed by atoms with Crippen LogP contribution in [0.3, 0.4) is 0 Å². The van der Waals surface area contributed by atoms with Crippen LogP contribution in [-0.2, 0) is 19.1 Å². The number of allylic oxidation sites excluding steroid dienone is 1. The Bertz CT molecular complexity index is 1200. The lowest BCUT2D eigenvalue weighted by molar-refractivity contribution is -0.153. The van der Waals surface area contributed by atoms with Crippen LogP contribution < -0.4 is 9.80 Å². The van der Waals surface area contributed by atoms with Gasteiger partial charge in [0.1, 0.15) is 6.04 Å². The fraction of sp³-hybridized carbons (Fsp3) is 0.594. The lowest BCUT2D eigenvalue weighted by Gasteiger charge is -2.39. The Labute approximate surface area is 247 Å². The minimum absolute atomic E-state index is 0.181. The predicted octanol–water partition coefficient (Wildman–Crippen LogP) is 4.03. The third-order valence-electron chi connectivity index (χ3n) is 8.93. The summed E-state index contributed by atoms with van der Waals surface area (Å²) in [7, 11) is 0. The number of nitrogens with zero attached hydrogens (tertiary/aromatic N) is 3. The molecular formula is C32H43N3O5S. The van der Waals surface area contributed by atoms with E-state index in [1.54, 1.807) is 21.6 Å². The molecule has 5 rings (SSSR count). The number of aliphatic hydroxyl groups excluding tert-OH is 1. The lowest BCUT2D eigenvalue weighted by Crippen LogP contribution is -2.57. The number of thioether (sulfide) groups is 1. The van der Waals surface area contributed by atoms with Crippen molar-refractivity contribution in [1.82, 2.24) is 4.90 Å². The SMILES string of the molecule is CCN(CC)c1ccc(N2CC=C[C@]34S[C@@H]5/C=C\CCCOC(=O)[C@@H]5[C@H]3C(=O)N([C@@H](CO)CC(C)C)C4C2=O)cc1. The molecule has 41 heavy (non-hydrogen) atoms. The molecule has 2 amide bonds. The zero-order chi connectivity index (χ0) is 29.3. The Morgan fingerprint density at radius 3 is 2.49 bits per heavy atom. The number of ether oxygens (including phenoxy) is 1. The van der Waals surface area contributed by atoms with E-state index in [0.717, 1.165) is 37.3 Å². The molecule has 4 aliphatic rings. The molecule has 1 aromatic carbocycles. The number of hydrogen-bond acceptors (Lipinski definition) is 7. The van der Waals surface area contributed by atoms with Gasteiger partial charge in [0.25, 0.3) is 5.91 Å². The number of fused-ring (bicyclic) bond motifs is 2. The van der Waals surface area contributed by atoms with E-state index in [4.69, 9.17) is 4.74 Å². The predicted molar refractivity (Wildman–Crippen MR) is 163 cm³/mol. The van der Waals surface area contributed by atoms with Crippen molar-refractivity contribution in [2.24, 2.45) is 17.8 Å². The molecule has 6 atom stereocenters. The van der Waals surface area contributed by atoms with Gasteiger partial charge in [-0.2, -0.15) is 0 Å². The van der Waals surface area contributed by atoms with E-state index in [1.807, 2.05) is 56.3 Å². The number of esters is 1. The Hall–Kier alpha value is -2.78. The highest BCUT2D eigenvalue weighted by atomic mass is 32.2. The van der Waals surface area contributed by atoms with Crippen LogP contribution >= 0.6 is 11.8 Å². The fourth-order valence-corrected chi connectivity index (χ4v) is 9.06. The highest BCUT2D eigenvalue weighted by molar-refractivity contribution is 8.02. The summed E-state index contributed by atoms with van der Waals surface area (Å²) in [4.78, 5) is 48.2. The molecule has 4 heterocycles. The summed E-state index contributed by atoms with van der Waals surface area (Å²) in [6, 6.07) is 6.62. The van der Waals surface area contributed by atoms with E-state index < -0.39 is 28.7 Å². The van der Waals surface area contributed by atoms with E-state index in [2.05, 4.69) is 24.8 Å². The molecule has 1 aromatic rings. The van der Waals surface area contributed by atoms with E-state index in [9.17, 15) is 19.5 Å². The summed E-state index contributed by atoms with van der Waals surface area (Å²) < 4.78 is 4.72. The summed E-state index contributed by atoms with van der Waals surface area (Å²) in [6.07, 6.45) is 10.2. The molecule has 2 saturated heterocycles. The highest BCUT2D eigenvalue weighted by Crippen LogP contribution is 2.61. The Kier molecular flexibility index (Phi) is 8.85. The van der Waals surface area contributed by atoms with Gasteiger partial charge in [0.05, 0.1) is 35.8 Å². The van der Waals surface area contributed by atoms with Gasteiger partial charge in [-0.3, -0.25) is 14.4 Å². The average Bonchev–Trinajstić information content (AvgIpc) is 3.37. The molecule has 0 aromatic heterocycles. The zero-order valence-corrected chi connectivity index (χ0v) is 25.4. The van der Waals surface area contributed by atoms with Crippen molar-refractivity contribution in [3.8, 4) is 0 Å². The third kappa shape index (κ3) is 5.20. The van der Waals surface area contributed by atoms with Crippen LogP contribution in [-0.4, -0.2) is 82.7 Å². The third-order valence-corrected chi connectivity index (χ3v) is 10.7. The molecule has 9 heteroatoms. The molecule has 0 saturated carbocycles. The van der Waals surface area contributed by atoms with Gasteiger partial charge in [0.2, 0.25) is 5.91 Å². The van der Waals surface area contributed by atoms with Crippen molar-refractivity contribution in [2.75, 3.05) is 42.6 Å². The molecule has 1 unspecified atom stereocenters. The van der Waals surface area contributed by atoms with Gasteiger partial charge in [-0.25, -0.2) is 0 Å². The molecule has 1 spiro atoms. The second kappa shape index (κ2) is 12.2. The van der Waals surface area contributed by atoms with Gasteiger partial charge in [0.15, 0.2) is 0 Å². The minimum atomic E-state index is -0.938. The first-order valence-electron chi connectivity index (χ1n) is 15.1. The van der Waals surface area contributed by atoms with Crippen LogP contribution in [0.1, 0.15) is 47.0 Å². The number of cyclic esters (lactones) is 1. The van der Waals surface area contributed by atoms with Crippen LogP contribution in [0.25, 0.3) is 0 Å². The summed E-state index contributed by atoms with van der Waals surface area (Å²) in [5.41, 5.74) is 1.85. The van der Waals surface area contributed by atoms with Crippen LogP contribution in [0.15, 0.2) is 48.6 Å². The van der Waals surface area contributed by atoms with Gasteiger partial charge in [-0.05, 0) is 63.3 Å². The molecule has 1 N–H and O–H groups in total. The highest BCUT2D eigenvalue weighted by Gasteiger charge is 2.71. The monoisotopic (exact) mass is 581 g/mol. The maximum Gasteiger partial charge on any atom is 0.311 e. The summed E-state index contributed by atoms with van der Waals surface area (Å²) >= 11 is 1.54. The normalized spacial score (nSPS) is 31.0. The fourth-order valence-electron chi connectivity index (χ4n) is 7.07. The molecule has 8 nitrogen and oxygen atoms in total. The van der Waals surface area contributed by atoms with E-state index in [0.29, 0.717) is 19.6 Å². The maximum atomic E-state index is 14.7. The molecule has 222 valence electrons. The topological polar surface area (TPSA) is 90.4 Å². The van der Waals surface area contributed by atoms with Crippen molar-refractivity contribution >= 4 is 40.9 Å². The van der Waals surface area contributed by atoms with Gasteiger partial charge < -0.3 is 24.5 Å². The van der Waals surface area contributed by atoms with Crippen LogP contribution in [0.2, 0.25) is 0 Å². The quantitative estimate of drug-likeness (QED) is 0.366. The maximum absolute atomic E-state index is 14.7. The number of rotatable bonds is 8. The van der Waals surface area contributed by atoms with E-state index in [-0.39, 0.29) is 35.6 Å². The number of carbonyl (C=O) groups is 3. The second-order valence-electron chi connectivity index (χ2n) is 11.8. The number of likely N-dealkylation sites (tertiary alicyclic amines) is 1. The van der Waals surface area contributed by atoms with Crippen molar-refractivity contribution in [3.63, 3.8) is 0 Å². The van der Waals surface area contributed by atoms with Gasteiger partial charge in [0, 0.05) is 36.3 Å². The van der Waals surface area contributed by atoms with E-state index in [1.165, 1.54) is 0 Å². The lowest BCUT2D eigenvalue weighted by atomic mass is 9.78. The van der Waals surface area contributed by atoms with Crippen LogP contribution in [0.5, 0.6) is 0 Å². The number of hydrogen-bond donors (Lipinski definition) is 1. The number of anilines is 2. The number of amides is 2. The first-order chi connectivity index (χ1) is 19.8. The summed E-state index contributed by atoms with van der Waals surface area (Å²) in [5, 5.41) is 10.3. The molecule has 2 fully saturated rings. The smallest absolute Gasteiger partial charge is 0.311 e. The summed E-state index contributed by atoms with van der Waals surface area (Å²) in [5.74, 6) is -2.02. The first kappa shape index (κ1) is 29.7. The molecule has 0 bridgehead atoms. The van der Waals surface area contributed by atoms with Crippen molar-refractivity contribution < 1.29 is 24.2 Å². The summed E-state index contributed by atoms with van der Waals surface area (Å²) in [6.45, 7) is 10.5. The molecule has 0 aliphatic carbocycles. The molecular weight excluding hydrogens is 538 g/mol. The standard InChI is InChI=1S/C32H43N3O5S/c1-5-33(6-2)22-12-14-23(15-13-22)34-17-10-16-32-27(26-25(41-32)11-8-7-9-18-40-31(26)39)29(37)35(28(32)30(34)38)24(20-36)19-21(3)4/h8,10-16,21,24-28,36H,5-7,9,17-20H2,1-4H3/b11-8-/t24-,25-,26+,27+,28?,32+/m1/s1. The van der Waals surface area contributed by atoms with Gasteiger partial charge in [-0.1, -0.05) is 38.2 Å². The minimum Gasteiger partial charge on any atom is -0.465 e. The number of aliphatic hydroxyl groups is 1. The van der Waals surface area contributed by atoms with Crippen molar-refractivity contribution in [2.45, 2.75) is 69.0 Å². The van der Waals surface area contributed by atoms with Crippen molar-refractivity contribution in [1.29, 1.82) is 0 Å². The van der Waals surface area contributed by atoms with Gasteiger partial charge in [-0.15, -0.1) is 11.8 Å². The van der Waals surface area contributed by atoms with Crippen LogP contribution in [0.4, 0.5) is 11.4 Å². The Morgan fingerprint density at radius 2 is 1.83 bits per heavy atom. The largest absolute Gasteiger partial charge is 0.465 e. The molecule has 4 aliphatic heterocycles. The van der Waals surface area contributed by atoms with Crippen molar-refractivity contribution in [3.05, 3.63) is 48.6 Å².